The van der Waals surface area contributed by atoms with Crippen LogP contribution in [0.4, 0.5) is 5.69 Å². The summed E-state index contributed by atoms with van der Waals surface area (Å²) in [6, 6.07) is 12.8. The van der Waals surface area contributed by atoms with Gasteiger partial charge in [-0.05, 0) is 42.9 Å². The maximum atomic E-state index is 12.2. The third-order valence-corrected chi connectivity index (χ3v) is 6.69. The number of nitrogens with zero attached hydrogens (tertiary/aromatic N) is 1. The Morgan fingerprint density at radius 1 is 1.10 bits per heavy atom. The van der Waals surface area contributed by atoms with Gasteiger partial charge in [-0.2, -0.15) is 11.8 Å². The maximum Gasteiger partial charge on any atom is 0.240 e. The van der Waals surface area contributed by atoms with Gasteiger partial charge in [0.05, 0.1) is 11.9 Å². The molecule has 158 valence electrons. The van der Waals surface area contributed by atoms with Crippen LogP contribution in [0.1, 0.15) is 17.5 Å². The molecule has 1 N–H and O–H groups in total. The van der Waals surface area contributed by atoms with E-state index < -0.39 is 10.0 Å². The summed E-state index contributed by atoms with van der Waals surface area (Å²) in [5, 5.41) is 3.36. The van der Waals surface area contributed by atoms with E-state index in [4.69, 9.17) is 23.2 Å². The van der Waals surface area contributed by atoms with Crippen molar-refractivity contribution >= 4 is 56.6 Å². The average Bonchev–Trinajstić information content (AvgIpc) is 2.62. The second-order valence-electron chi connectivity index (χ2n) is 6.64. The van der Waals surface area contributed by atoms with Crippen molar-refractivity contribution in [1.82, 2.24) is 5.32 Å². The summed E-state index contributed by atoms with van der Waals surface area (Å²) in [6.07, 6.45) is 1.83. The predicted molar refractivity (Wildman–Crippen MR) is 124 cm³/mol. The van der Waals surface area contributed by atoms with Crippen molar-refractivity contribution in [2.75, 3.05) is 29.4 Å². The van der Waals surface area contributed by atoms with Gasteiger partial charge in [0.2, 0.25) is 15.9 Å². The molecule has 5 nitrogen and oxygen atoms in total. The topological polar surface area (TPSA) is 66.5 Å². The molecule has 2 aromatic rings. The van der Waals surface area contributed by atoms with E-state index in [2.05, 4.69) is 36.5 Å². The van der Waals surface area contributed by atoms with Crippen LogP contribution in [0.25, 0.3) is 0 Å². The Bertz CT molecular complexity index is 915. The Morgan fingerprint density at radius 3 is 2.31 bits per heavy atom. The summed E-state index contributed by atoms with van der Waals surface area (Å²) < 4.78 is 25.2. The molecule has 0 fully saturated rings. The lowest BCUT2D eigenvalue weighted by atomic mass is 10.2. The number of sulfonamides is 1. The first kappa shape index (κ1) is 23.9. The highest BCUT2D eigenvalue weighted by Gasteiger charge is 2.21. The number of thioether (sulfide) groups is 1. The molecular weight excluding hydrogens is 451 g/mol. The molecule has 0 heterocycles. The van der Waals surface area contributed by atoms with Crippen LogP contribution in [0.5, 0.6) is 0 Å². The first-order valence-electron chi connectivity index (χ1n) is 8.99. The molecule has 0 aliphatic carbocycles. The van der Waals surface area contributed by atoms with Crippen LogP contribution >= 0.6 is 35.0 Å². The molecule has 2 aromatic carbocycles. The lowest BCUT2D eigenvalue weighted by Crippen LogP contribution is -2.40. The first-order valence-corrected chi connectivity index (χ1v) is 12.7. The summed E-state index contributed by atoms with van der Waals surface area (Å²) in [6.45, 7) is 2.21. The molecule has 29 heavy (non-hydrogen) atoms. The second-order valence-corrected chi connectivity index (χ2v) is 10.5. The van der Waals surface area contributed by atoms with Gasteiger partial charge < -0.3 is 5.32 Å². The average molecular weight is 475 g/mol. The molecule has 0 aliphatic heterocycles. The van der Waals surface area contributed by atoms with Gasteiger partial charge in [0.1, 0.15) is 6.54 Å². The van der Waals surface area contributed by atoms with Crippen molar-refractivity contribution < 1.29 is 13.2 Å². The molecule has 0 aromatic heterocycles. The maximum absolute atomic E-state index is 12.2. The third kappa shape index (κ3) is 8.46. The van der Waals surface area contributed by atoms with Gasteiger partial charge in [-0.3, -0.25) is 9.10 Å². The zero-order chi connectivity index (χ0) is 21.4. The molecule has 0 saturated heterocycles. The molecule has 1 amide bonds. The van der Waals surface area contributed by atoms with Gasteiger partial charge in [0.25, 0.3) is 0 Å². The van der Waals surface area contributed by atoms with Crippen LogP contribution in [0, 0.1) is 6.92 Å². The number of hydrogen-bond donors (Lipinski definition) is 1. The van der Waals surface area contributed by atoms with Crippen molar-refractivity contribution in [3.05, 3.63) is 63.6 Å². The molecule has 0 aliphatic rings. The number of halogens is 2. The molecule has 9 heteroatoms. The van der Waals surface area contributed by atoms with E-state index in [1.54, 1.807) is 11.8 Å². The number of anilines is 1. The molecule has 0 bridgehead atoms. The standard InChI is InChI=1S/C20H24Cl2N2O3S2/c1-15-4-6-16(7-5-15)14-28-9-3-8-23-20(25)13-24(29(2,26)27)19-11-17(21)10-18(22)12-19/h4-7,10-12H,3,8-9,13-14H2,1-2H3,(H,23,25). The first-order chi connectivity index (χ1) is 13.6. The molecule has 0 spiro atoms. The SMILES string of the molecule is Cc1ccc(CSCCCNC(=O)CN(c2cc(Cl)cc(Cl)c2)S(C)(=O)=O)cc1. The number of carbonyl (C=O) groups is 1. The highest BCUT2D eigenvalue weighted by atomic mass is 35.5. The van der Waals surface area contributed by atoms with Crippen molar-refractivity contribution in [1.29, 1.82) is 0 Å². The van der Waals surface area contributed by atoms with Gasteiger partial charge in [0.15, 0.2) is 0 Å². The number of benzene rings is 2. The van der Waals surface area contributed by atoms with Crippen LogP contribution in [0.2, 0.25) is 10.0 Å². The van der Waals surface area contributed by atoms with Crippen LogP contribution in [-0.4, -0.2) is 39.4 Å². The summed E-state index contributed by atoms with van der Waals surface area (Å²) in [7, 11) is -3.67. The number of carbonyl (C=O) groups excluding carboxylic acids is 1. The highest BCUT2D eigenvalue weighted by molar-refractivity contribution is 7.98. The quantitative estimate of drug-likeness (QED) is 0.514. The lowest BCUT2D eigenvalue weighted by Gasteiger charge is -2.22. The number of rotatable bonds is 10. The Kier molecular flexibility index (Phi) is 9.14. The number of aryl methyl sites for hydroxylation is 1. The van der Waals surface area contributed by atoms with Crippen molar-refractivity contribution in [2.45, 2.75) is 19.1 Å². The molecule has 0 atom stereocenters. The summed E-state index contributed by atoms with van der Waals surface area (Å²) >= 11 is 13.7. The van der Waals surface area contributed by atoms with E-state index in [9.17, 15) is 13.2 Å². The minimum Gasteiger partial charge on any atom is -0.354 e. The van der Waals surface area contributed by atoms with Gasteiger partial charge in [-0.1, -0.05) is 53.0 Å². The normalized spacial score (nSPS) is 11.3. The number of hydrogen-bond acceptors (Lipinski definition) is 4. The number of amides is 1. The Morgan fingerprint density at radius 2 is 1.72 bits per heavy atom. The Hall–Kier alpha value is -1.41. The van der Waals surface area contributed by atoms with Gasteiger partial charge in [-0.15, -0.1) is 0 Å². The smallest absolute Gasteiger partial charge is 0.240 e. The number of nitrogens with one attached hydrogen (secondary N) is 1. The molecule has 0 unspecified atom stereocenters. The predicted octanol–water partition coefficient (Wildman–Crippen LogP) is 4.51. The Balaban J connectivity index is 1.79. The fraction of sp³-hybridized carbons (Fsp3) is 0.350. The zero-order valence-electron chi connectivity index (χ0n) is 16.3. The highest BCUT2D eigenvalue weighted by Crippen LogP contribution is 2.26. The minimum absolute atomic E-state index is 0.258. The van der Waals surface area contributed by atoms with Crippen LogP contribution in [0.15, 0.2) is 42.5 Å². The minimum atomic E-state index is -3.67. The second kappa shape index (κ2) is 11.1. The molecule has 0 saturated carbocycles. The Labute approximate surface area is 186 Å². The van der Waals surface area contributed by atoms with Gasteiger partial charge in [0, 0.05) is 22.3 Å². The fourth-order valence-electron chi connectivity index (χ4n) is 2.55. The molecule has 2 rings (SSSR count). The van der Waals surface area contributed by atoms with E-state index in [0.29, 0.717) is 16.6 Å². The lowest BCUT2D eigenvalue weighted by molar-refractivity contribution is -0.119. The van der Waals surface area contributed by atoms with Crippen LogP contribution < -0.4 is 9.62 Å². The molecular formula is C20H24Cl2N2O3S2. The van der Waals surface area contributed by atoms with Crippen LogP contribution in [-0.2, 0) is 20.6 Å². The van der Waals surface area contributed by atoms with E-state index in [1.165, 1.54) is 29.3 Å². The summed E-state index contributed by atoms with van der Waals surface area (Å²) in [5.41, 5.74) is 2.77. The largest absolute Gasteiger partial charge is 0.354 e. The summed E-state index contributed by atoms with van der Waals surface area (Å²) in [4.78, 5) is 12.2. The fourth-order valence-corrected chi connectivity index (χ4v) is 4.82. The van der Waals surface area contributed by atoms with E-state index in [0.717, 1.165) is 28.5 Å². The summed E-state index contributed by atoms with van der Waals surface area (Å²) in [5.74, 6) is 1.44. The monoisotopic (exact) mass is 474 g/mol. The molecule has 0 radical (unpaired) electrons. The van der Waals surface area contributed by atoms with E-state index in [-0.39, 0.29) is 18.1 Å². The van der Waals surface area contributed by atoms with Gasteiger partial charge >= 0.3 is 0 Å². The van der Waals surface area contributed by atoms with E-state index >= 15 is 0 Å². The van der Waals surface area contributed by atoms with E-state index in [1.807, 2.05) is 0 Å². The van der Waals surface area contributed by atoms with Crippen molar-refractivity contribution in [3.8, 4) is 0 Å². The van der Waals surface area contributed by atoms with Gasteiger partial charge in [-0.25, -0.2) is 8.42 Å². The van der Waals surface area contributed by atoms with Crippen molar-refractivity contribution in [3.63, 3.8) is 0 Å². The van der Waals surface area contributed by atoms with Crippen LogP contribution in [0.3, 0.4) is 0 Å². The zero-order valence-corrected chi connectivity index (χ0v) is 19.5. The third-order valence-electron chi connectivity index (χ3n) is 4.00. The van der Waals surface area contributed by atoms with Crippen molar-refractivity contribution in [2.24, 2.45) is 0 Å².